The molecule has 0 radical (unpaired) electrons. The van der Waals surface area contributed by atoms with Crippen LogP contribution in [0.2, 0.25) is 0 Å². The molecule has 1 fully saturated rings. The van der Waals surface area contributed by atoms with Gasteiger partial charge >= 0.3 is 0 Å². The lowest BCUT2D eigenvalue weighted by Gasteiger charge is -2.18. The summed E-state index contributed by atoms with van der Waals surface area (Å²) in [6.45, 7) is 4.02. The van der Waals surface area contributed by atoms with Gasteiger partial charge in [0.25, 0.3) is 5.91 Å². The standard InChI is InChI=1S/C20H23N3O4/c1-2-19(25)22-15-11-27-10-14(15)9-18(24)13-4-3-12-7-17-20(26)21-5-6-23(17)16(12)8-13/h3-4,7-8,14-15H,2,5-6,9-11H2,1H3,(H,21,26)(H,22,25). The number of ketones is 1. The number of amides is 2. The quantitative estimate of drug-likeness (QED) is 0.782. The predicted molar refractivity (Wildman–Crippen MR) is 99.7 cm³/mol. The van der Waals surface area contributed by atoms with E-state index in [-0.39, 0.29) is 29.6 Å². The van der Waals surface area contributed by atoms with Crippen LogP contribution in [0.3, 0.4) is 0 Å². The third kappa shape index (κ3) is 3.35. The monoisotopic (exact) mass is 369 g/mol. The van der Waals surface area contributed by atoms with Crippen molar-refractivity contribution in [1.82, 2.24) is 15.2 Å². The summed E-state index contributed by atoms with van der Waals surface area (Å²) in [5, 5.41) is 6.73. The Morgan fingerprint density at radius 3 is 2.96 bits per heavy atom. The fourth-order valence-electron chi connectivity index (χ4n) is 3.85. The summed E-state index contributed by atoms with van der Waals surface area (Å²) < 4.78 is 7.45. The second-order valence-electron chi connectivity index (χ2n) is 7.16. The van der Waals surface area contributed by atoms with E-state index in [1.807, 2.05) is 28.8 Å². The molecule has 2 N–H and O–H groups in total. The molecule has 2 unspecified atom stereocenters. The van der Waals surface area contributed by atoms with Gasteiger partial charge in [-0.1, -0.05) is 19.1 Å². The van der Waals surface area contributed by atoms with Gasteiger partial charge in [-0.2, -0.15) is 0 Å². The van der Waals surface area contributed by atoms with Crippen molar-refractivity contribution in [2.45, 2.75) is 32.4 Å². The number of hydrogen-bond donors (Lipinski definition) is 2. The zero-order chi connectivity index (χ0) is 19.0. The van der Waals surface area contributed by atoms with E-state index in [1.54, 1.807) is 6.92 Å². The van der Waals surface area contributed by atoms with Crippen molar-refractivity contribution in [1.29, 1.82) is 0 Å². The Morgan fingerprint density at radius 2 is 2.15 bits per heavy atom. The van der Waals surface area contributed by atoms with Gasteiger partial charge in [0.15, 0.2) is 5.78 Å². The van der Waals surface area contributed by atoms with E-state index in [4.69, 9.17) is 4.74 Å². The van der Waals surface area contributed by atoms with Gasteiger partial charge in [-0.25, -0.2) is 0 Å². The molecule has 1 saturated heterocycles. The van der Waals surface area contributed by atoms with Crippen LogP contribution in [0, 0.1) is 5.92 Å². The number of benzene rings is 1. The molecule has 2 amide bonds. The highest BCUT2D eigenvalue weighted by atomic mass is 16.5. The number of aromatic nitrogens is 1. The average molecular weight is 369 g/mol. The summed E-state index contributed by atoms with van der Waals surface area (Å²) in [5.74, 6) is -0.0972. The molecule has 2 aliphatic heterocycles. The first-order valence-electron chi connectivity index (χ1n) is 9.38. The molecule has 7 nitrogen and oxygen atoms in total. The lowest BCUT2D eigenvalue weighted by Crippen LogP contribution is -2.40. The highest BCUT2D eigenvalue weighted by Crippen LogP contribution is 2.25. The topological polar surface area (TPSA) is 89.4 Å². The largest absolute Gasteiger partial charge is 0.379 e. The van der Waals surface area contributed by atoms with Crippen LogP contribution in [0.5, 0.6) is 0 Å². The molecular weight excluding hydrogens is 346 g/mol. The van der Waals surface area contributed by atoms with Crippen molar-refractivity contribution >= 4 is 28.5 Å². The van der Waals surface area contributed by atoms with E-state index in [9.17, 15) is 14.4 Å². The van der Waals surface area contributed by atoms with Gasteiger partial charge in [-0.05, 0) is 12.1 Å². The van der Waals surface area contributed by atoms with Gasteiger partial charge < -0.3 is 19.9 Å². The molecule has 0 bridgehead atoms. The Hall–Kier alpha value is -2.67. The number of nitrogens with zero attached hydrogens (tertiary/aromatic N) is 1. The lowest BCUT2D eigenvalue weighted by molar-refractivity contribution is -0.121. The van der Waals surface area contributed by atoms with E-state index in [2.05, 4.69) is 10.6 Å². The van der Waals surface area contributed by atoms with E-state index in [0.717, 1.165) is 10.9 Å². The third-order valence-corrected chi connectivity index (χ3v) is 5.39. The smallest absolute Gasteiger partial charge is 0.268 e. The molecule has 7 heteroatoms. The van der Waals surface area contributed by atoms with Crippen LogP contribution in [0.4, 0.5) is 0 Å². The van der Waals surface area contributed by atoms with Crippen molar-refractivity contribution in [3.8, 4) is 0 Å². The first kappa shape index (κ1) is 17.7. The number of ether oxygens (including phenoxy) is 1. The zero-order valence-corrected chi connectivity index (χ0v) is 15.3. The first-order valence-corrected chi connectivity index (χ1v) is 9.38. The summed E-state index contributed by atoms with van der Waals surface area (Å²) >= 11 is 0. The molecule has 2 atom stereocenters. The maximum absolute atomic E-state index is 12.8. The SMILES string of the molecule is CCC(=O)NC1COCC1CC(=O)c1ccc2cc3n(c2c1)CCNC3=O. The molecule has 4 rings (SSSR count). The number of carbonyl (C=O) groups is 3. The Morgan fingerprint density at radius 1 is 1.30 bits per heavy atom. The fourth-order valence-corrected chi connectivity index (χ4v) is 3.85. The van der Waals surface area contributed by atoms with Crippen molar-refractivity contribution in [2.24, 2.45) is 5.92 Å². The van der Waals surface area contributed by atoms with E-state index in [1.165, 1.54) is 0 Å². The van der Waals surface area contributed by atoms with Crippen LogP contribution in [0.1, 0.15) is 40.6 Å². The molecule has 142 valence electrons. The maximum Gasteiger partial charge on any atom is 0.268 e. The maximum atomic E-state index is 12.8. The number of Topliss-reactive ketones (excluding diaryl/α,β-unsaturated/α-hetero) is 1. The zero-order valence-electron chi connectivity index (χ0n) is 15.3. The molecule has 2 aliphatic rings. The predicted octanol–water partition coefficient (Wildman–Crippen LogP) is 1.50. The number of carbonyl (C=O) groups excluding carboxylic acids is 3. The molecule has 27 heavy (non-hydrogen) atoms. The highest BCUT2D eigenvalue weighted by Gasteiger charge is 2.31. The second-order valence-corrected chi connectivity index (χ2v) is 7.16. The molecule has 0 aliphatic carbocycles. The minimum atomic E-state index is -0.116. The van der Waals surface area contributed by atoms with Gasteiger partial charge in [-0.3, -0.25) is 14.4 Å². The van der Waals surface area contributed by atoms with Gasteiger partial charge in [0.05, 0.1) is 19.3 Å². The van der Waals surface area contributed by atoms with Gasteiger partial charge in [0.1, 0.15) is 5.69 Å². The summed E-state index contributed by atoms with van der Waals surface area (Å²) in [7, 11) is 0. The normalized spacial score (nSPS) is 21.7. The van der Waals surface area contributed by atoms with Gasteiger partial charge in [-0.15, -0.1) is 0 Å². The summed E-state index contributed by atoms with van der Waals surface area (Å²) in [4.78, 5) is 36.5. The molecule has 0 spiro atoms. The third-order valence-electron chi connectivity index (χ3n) is 5.39. The summed E-state index contributed by atoms with van der Waals surface area (Å²) in [5.41, 5.74) is 2.17. The minimum Gasteiger partial charge on any atom is -0.379 e. The Balaban J connectivity index is 1.54. The van der Waals surface area contributed by atoms with Crippen LogP contribution >= 0.6 is 0 Å². The molecular formula is C20H23N3O4. The van der Waals surface area contributed by atoms with Crippen LogP contribution in [-0.4, -0.2) is 48.0 Å². The Bertz CT molecular complexity index is 917. The number of fused-ring (bicyclic) bond motifs is 3. The van der Waals surface area contributed by atoms with E-state index >= 15 is 0 Å². The molecule has 3 heterocycles. The fraction of sp³-hybridized carbons (Fsp3) is 0.450. The molecule has 1 aromatic carbocycles. The van der Waals surface area contributed by atoms with Gasteiger partial charge in [0, 0.05) is 48.3 Å². The van der Waals surface area contributed by atoms with Crippen molar-refractivity contribution in [2.75, 3.05) is 19.8 Å². The first-order chi connectivity index (χ1) is 13.1. The van der Waals surface area contributed by atoms with E-state index < -0.39 is 0 Å². The highest BCUT2D eigenvalue weighted by molar-refractivity contribution is 6.03. The summed E-state index contributed by atoms with van der Waals surface area (Å²) in [6, 6.07) is 7.32. The van der Waals surface area contributed by atoms with E-state index in [0.29, 0.717) is 50.4 Å². The van der Waals surface area contributed by atoms with Crippen LogP contribution in [-0.2, 0) is 16.1 Å². The Kier molecular flexibility index (Phi) is 4.70. The van der Waals surface area contributed by atoms with Crippen LogP contribution in [0.25, 0.3) is 10.9 Å². The molecule has 0 saturated carbocycles. The Labute approximate surface area is 157 Å². The van der Waals surface area contributed by atoms with Crippen molar-refractivity contribution < 1.29 is 19.1 Å². The number of rotatable bonds is 5. The van der Waals surface area contributed by atoms with Gasteiger partial charge in [0.2, 0.25) is 5.91 Å². The number of nitrogens with one attached hydrogen (secondary N) is 2. The second kappa shape index (κ2) is 7.15. The average Bonchev–Trinajstić information content (AvgIpc) is 3.26. The van der Waals surface area contributed by atoms with Crippen LogP contribution < -0.4 is 10.6 Å². The molecule has 2 aromatic rings. The van der Waals surface area contributed by atoms with Crippen LogP contribution in [0.15, 0.2) is 24.3 Å². The minimum absolute atomic E-state index is 0.0179. The lowest BCUT2D eigenvalue weighted by atomic mass is 9.94. The van der Waals surface area contributed by atoms with Crippen molar-refractivity contribution in [3.05, 3.63) is 35.5 Å². The molecule has 1 aromatic heterocycles. The summed E-state index contributed by atoms with van der Waals surface area (Å²) in [6.07, 6.45) is 0.745. The van der Waals surface area contributed by atoms with Crippen molar-refractivity contribution in [3.63, 3.8) is 0 Å². The number of hydrogen-bond acceptors (Lipinski definition) is 4.